The number of nitrogens with two attached hydrogens (primary N) is 1. The van der Waals surface area contributed by atoms with Crippen molar-refractivity contribution in [2.75, 3.05) is 26.3 Å². The number of hydrogen-bond donors (Lipinski definition) is 1. The third kappa shape index (κ3) is 2.86. The van der Waals surface area contributed by atoms with Crippen LogP contribution in [-0.2, 0) is 10.0 Å². The number of hydrogen-bond acceptors (Lipinski definition) is 5. The molecule has 0 aliphatic carbocycles. The van der Waals surface area contributed by atoms with E-state index in [1.165, 1.54) is 10.4 Å². The molecular weight excluding hydrogens is 292 g/mol. The van der Waals surface area contributed by atoms with Gasteiger partial charge >= 0.3 is 0 Å². The zero-order valence-electron chi connectivity index (χ0n) is 12.0. The second kappa shape index (κ2) is 5.47. The van der Waals surface area contributed by atoms with Gasteiger partial charge in [-0.1, -0.05) is 6.92 Å². The first-order valence-electron chi connectivity index (χ1n) is 7.12. The SMILES string of the molecule is CC1CC(N)CN(S(=O)(=O)c2ccc3c(c2)OCCO3)C1. The minimum Gasteiger partial charge on any atom is -0.486 e. The largest absolute Gasteiger partial charge is 0.486 e. The first kappa shape index (κ1) is 14.6. The molecule has 0 radical (unpaired) electrons. The Morgan fingerprint density at radius 2 is 1.90 bits per heavy atom. The first-order valence-corrected chi connectivity index (χ1v) is 8.56. The maximum absolute atomic E-state index is 12.7. The van der Waals surface area contributed by atoms with E-state index in [4.69, 9.17) is 15.2 Å². The van der Waals surface area contributed by atoms with Crippen molar-refractivity contribution in [1.29, 1.82) is 0 Å². The summed E-state index contributed by atoms with van der Waals surface area (Å²) >= 11 is 0. The van der Waals surface area contributed by atoms with Gasteiger partial charge < -0.3 is 15.2 Å². The lowest BCUT2D eigenvalue weighted by Crippen LogP contribution is -2.48. The number of nitrogens with zero attached hydrogens (tertiary/aromatic N) is 1. The number of rotatable bonds is 2. The van der Waals surface area contributed by atoms with Gasteiger partial charge in [-0.15, -0.1) is 0 Å². The van der Waals surface area contributed by atoms with E-state index >= 15 is 0 Å². The fraction of sp³-hybridized carbons (Fsp3) is 0.571. The average molecular weight is 312 g/mol. The van der Waals surface area contributed by atoms with Gasteiger partial charge in [-0.3, -0.25) is 0 Å². The van der Waals surface area contributed by atoms with Crippen LogP contribution in [0, 0.1) is 5.92 Å². The number of sulfonamides is 1. The van der Waals surface area contributed by atoms with Gasteiger partial charge in [0.05, 0.1) is 4.90 Å². The molecule has 0 aromatic heterocycles. The number of ether oxygens (including phenoxy) is 2. The van der Waals surface area contributed by atoms with Crippen LogP contribution in [0.3, 0.4) is 0 Å². The highest BCUT2D eigenvalue weighted by molar-refractivity contribution is 7.89. The maximum Gasteiger partial charge on any atom is 0.243 e. The van der Waals surface area contributed by atoms with Crippen LogP contribution in [0.1, 0.15) is 13.3 Å². The topological polar surface area (TPSA) is 81.9 Å². The van der Waals surface area contributed by atoms with Crippen molar-refractivity contribution in [2.24, 2.45) is 11.7 Å². The summed E-state index contributed by atoms with van der Waals surface area (Å²) in [7, 11) is -3.54. The standard InChI is InChI=1S/C14H20N2O4S/c1-10-6-11(15)9-16(8-10)21(17,18)12-2-3-13-14(7-12)20-5-4-19-13/h2-3,7,10-11H,4-6,8-9,15H2,1H3. The first-order chi connectivity index (χ1) is 9.96. The van der Waals surface area contributed by atoms with Gasteiger partial charge in [0.1, 0.15) is 13.2 Å². The Kier molecular flexibility index (Phi) is 3.81. The third-order valence-corrected chi connectivity index (χ3v) is 5.64. The lowest BCUT2D eigenvalue weighted by Gasteiger charge is -2.34. The van der Waals surface area contributed by atoms with Crippen molar-refractivity contribution in [3.8, 4) is 11.5 Å². The Balaban J connectivity index is 1.91. The van der Waals surface area contributed by atoms with Crippen LogP contribution in [0.2, 0.25) is 0 Å². The predicted molar refractivity (Wildman–Crippen MR) is 77.9 cm³/mol. The molecule has 0 amide bonds. The third-order valence-electron chi connectivity index (χ3n) is 3.81. The monoisotopic (exact) mass is 312 g/mol. The normalized spacial score (nSPS) is 26.6. The van der Waals surface area contributed by atoms with Gasteiger partial charge in [-0.25, -0.2) is 8.42 Å². The van der Waals surface area contributed by atoms with Gasteiger partial charge in [0.25, 0.3) is 0 Å². The van der Waals surface area contributed by atoms with Crippen LogP contribution in [0.25, 0.3) is 0 Å². The summed E-state index contributed by atoms with van der Waals surface area (Å²) in [5.74, 6) is 1.33. The van der Waals surface area contributed by atoms with Gasteiger partial charge in [0.2, 0.25) is 10.0 Å². The van der Waals surface area contributed by atoms with Crippen molar-refractivity contribution in [1.82, 2.24) is 4.31 Å². The predicted octanol–water partition coefficient (Wildman–Crippen LogP) is 0.816. The van der Waals surface area contributed by atoms with Gasteiger partial charge in [-0.2, -0.15) is 4.31 Å². The Morgan fingerprint density at radius 3 is 2.62 bits per heavy atom. The zero-order chi connectivity index (χ0) is 15.0. The Labute approximate surface area is 124 Å². The van der Waals surface area contributed by atoms with Crippen LogP contribution in [0.15, 0.2) is 23.1 Å². The number of benzene rings is 1. The van der Waals surface area contributed by atoms with Crippen LogP contribution in [-0.4, -0.2) is 45.1 Å². The summed E-state index contributed by atoms with van der Waals surface area (Å²) in [6.45, 7) is 3.80. The van der Waals surface area contributed by atoms with E-state index in [-0.39, 0.29) is 16.9 Å². The molecule has 2 heterocycles. The minimum atomic E-state index is -3.54. The van der Waals surface area contributed by atoms with E-state index < -0.39 is 10.0 Å². The highest BCUT2D eigenvalue weighted by Crippen LogP contribution is 2.33. The summed E-state index contributed by atoms with van der Waals surface area (Å²) in [5, 5.41) is 0. The molecule has 116 valence electrons. The fourth-order valence-electron chi connectivity index (χ4n) is 2.88. The molecule has 2 N–H and O–H groups in total. The Morgan fingerprint density at radius 1 is 1.19 bits per heavy atom. The minimum absolute atomic E-state index is 0.110. The van der Waals surface area contributed by atoms with E-state index in [2.05, 4.69) is 0 Å². The molecule has 2 unspecified atom stereocenters. The molecule has 1 fully saturated rings. The summed E-state index contributed by atoms with van der Waals surface area (Å²) in [4.78, 5) is 0.230. The molecule has 2 aliphatic rings. The van der Waals surface area contributed by atoms with Crippen molar-refractivity contribution in [3.63, 3.8) is 0 Å². The van der Waals surface area contributed by atoms with Crippen LogP contribution < -0.4 is 15.2 Å². The highest BCUT2D eigenvalue weighted by Gasteiger charge is 2.32. The van der Waals surface area contributed by atoms with E-state index in [9.17, 15) is 8.42 Å². The van der Waals surface area contributed by atoms with E-state index in [0.29, 0.717) is 37.8 Å². The van der Waals surface area contributed by atoms with E-state index in [1.807, 2.05) is 6.92 Å². The van der Waals surface area contributed by atoms with Crippen LogP contribution in [0.5, 0.6) is 11.5 Å². The van der Waals surface area contributed by atoms with Crippen LogP contribution >= 0.6 is 0 Å². The molecule has 1 saturated heterocycles. The van der Waals surface area contributed by atoms with Crippen molar-refractivity contribution < 1.29 is 17.9 Å². The molecule has 2 atom stereocenters. The zero-order valence-corrected chi connectivity index (χ0v) is 12.8. The molecule has 2 aliphatic heterocycles. The quantitative estimate of drug-likeness (QED) is 0.874. The lowest BCUT2D eigenvalue weighted by atomic mass is 9.99. The molecule has 0 spiro atoms. The molecule has 21 heavy (non-hydrogen) atoms. The number of piperidine rings is 1. The van der Waals surface area contributed by atoms with Crippen molar-refractivity contribution in [2.45, 2.75) is 24.3 Å². The Hall–Kier alpha value is -1.31. The van der Waals surface area contributed by atoms with Gasteiger partial charge in [0, 0.05) is 25.2 Å². The molecule has 3 rings (SSSR count). The van der Waals surface area contributed by atoms with Gasteiger partial charge in [0.15, 0.2) is 11.5 Å². The fourth-order valence-corrected chi connectivity index (χ4v) is 4.51. The summed E-state index contributed by atoms with van der Waals surface area (Å²) < 4.78 is 37.8. The van der Waals surface area contributed by atoms with Gasteiger partial charge in [-0.05, 0) is 24.5 Å². The maximum atomic E-state index is 12.7. The lowest BCUT2D eigenvalue weighted by molar-refractivity contribution is 0.171. The summed E-state index contributed by atoms with van der Waals surface area (Å²) in [6.07, 6.45) is 0.854. The molecule has 0 saturated carbocycles. The molecule has 1 aromatic rings. The Bertz CT molecular complexity index is 622. The van der Waals surface area contributed by atoms with E-state index in [1.54, 1.807) is 12.1 Å². The number of fused-ring (bicyclic) bond motifs is 1. The second-order valence-electron chi connectivity index (χ2n) is 5.73. The molecular formula is C14H20N2O4S. The summed E-state index contributed by atoms with van der Waals surface area (Å²) in [6, 6.07) is 4.64. The molecule has 6 nitrogen and oxygen atoms in total. The van der Waals surface area contributed by atoms with Crippen molar-refractivity contribution >= 4 is 10.0 Å². The molecule has 0 bridgehead atoms. The molecule has 7 heteroatoms. The smallest absolute Gasteiger partial charge is 0.243 e. The highest BCUT2D eigenvalue weighted by atomic mass is 32.2. The van der Waals surface area contributed by atoms with E-state index in [0.717, 1.165) is 6.42 Å². The van der Waals surface area contributed by atoms with Crippen LogP contribution in [0.4, 0.5) is 0 Å². The van der Waals surface area contributed by atoms with Crippen molar-refractivity contribution in [3.05, 3.63) is 18.2 Å². The second-order valence-corrected chi connectivity index (χ2v) is 7.67. The molecule has 1 aromatic carbocycles. The average Bonchev–Trinajstić information content (AvgIpc) is 2.45. The summed E-state index contributed by atoms with van der Waals surface area (Å²) in [5.41, 5.74) is 5.95.